The lowest BCUT2D eigenvalue weighted by atomic mass is 9.95. The second-order valence-electron chi connectivity index (χ2n) is 10.2. The molecule has 0 radical (unpaired) electrons. The number of carboxylic acid groups (broad SMARTS) is 2. The molecule has 220 valence electrons. The number of aryl methyl sites for hydroxylation is 1. The number of methoxy groups -OCH3 is 1. The average molecular weight is 583 g/mol. The van der Waals surface area contributed by atoms with Gasteiger partial charge in [0.05, 0.1) is 13.7 Å². The van der Waals surface area contributed by atoms with Crippen LogP contribution in [0.4, 0.5) is 0 Å². The van der Waals surface area contributed by atoms with Gasteiger partial charge in [-0.05, 0) is 75.7 Å². The van der Waals surface area contributed by atoms with E-state index < -0.39 is 18.0 Å². The number of aromatic nitrogens is 5. The molecule has 0 fully saturated rings. The Morgan fingerprint density at radius 3 is 2.42 bits per heavy atom. The zero-order valence-corrected chi connectivity index (χ0v) is 23.6. The van der Waals surface area contributed by atoms with Gasteiger partial charge in [0.1, 0.15) is 11.8 Å². The third-order valence-electron chi connectivity index (χ3n) is 7.33. The minimum atomic E-state index is -1.82. The van der Waals surface area contributed by atoms with E-state index in [1.807, 2.05) is 49.4 Å². The molecule has 1 aliphatic heterocycles. The standard InChI is InChI=1S/C29H28N6O2.C2H2O4/c1-19-7-10-22-16-25(29(36)30-26(22)15-19)27(34-14-13-21-5-3-4-6-23(21)18-34)28-31-32-33-35(28)17-20-8-11-24(37-2)12-9-20;3-1(4)2(5)6/h3-12,15-16,27H,13-14,17-18H2,1-2H3,(H,30,36);(H,3,4)(H,5,6). The molecule has 3 heterocycles. The van der Waals surface area contributed by atoms with Gasteiger partial charge in [0, 0.05) is 24.2 Å². The molecule has 5 aromatic rings. The summed E-state index contributed by atoms with van der Waals surface area (Å²) in [6.07, 6.45) is 0.900. The van der Waals surface area contributed by atoms with E-state index in [2.05, 4.69) is 55.7 Å². The lowest BCUT2D eigenvalue weighted by Gasteiger charge is -2.34. The fraction of sp³-hybridized carbons (Fsp3) is 0.226. The number of nitrogens with one attached hydrogen (secondary N) is 1. The van der Waals surface area contributed by atoms with Gasteiger partial charge in [0.2, 0.25) is 0 Å². The van der Waals surface area contributed by atoms with E-state index in [-0.39, 0.29) is 5.56 Å². The minimum Gasteiger partial charge on any atom is -0.497 e. The molecule has 2 aromatic heterocycles. The molecule has 0 aliphatic carbocycles. The SMILES string of the molecule is COc1ccc(Cn2nnnc2C(c2cc3ccc(C)cc3[nH]c2=O)N2CCc3ccccc3C2)cc1.O=C(O)C(=O)O. The molecule has 0 saturated carbocycles. The van der Waals surface area contributed by atoms with Crippen molar-refractivity contribution in [3.8, 4) is 5.75 Å². The summed E-state index contributed by atoms with van der Waals surface area (Å²) < 4.78 is 7.09. The van der Waals surface area contributed by atoms with Crippen LogP contribution in [0.2, 0.25) is 0 Å². The Morgan fingerprint density at radius 2 is 1.72 bits per heavy atom. The van der Waals surface area contributed by atoms with Gasteiger partial charge in [-0.1, -0.05) is 48.5 Å². The predicted octanol–water partition coefficient (Wildman–Crippen LogP) is 3.18. The van der Waals surface area contributed by atoms with Crippen LogP contribution in [0, 0.1) is 6.92 Å². The first-order valence-electron chi connectivity index (χ1n) is 13.5. The van der Waals surface area contributed by atoms with Crippen LogP contribution in [0.3, 0.4) is 0 Å². The summed E-state index contributed by atoms with van der Waals surface area (Å²) in [7, 11) is 1.65. The van der Waals surface area contributed by atoms with Crippen LogP contribution in [0.5, 0.6) is 5.75 Å². The maximum Gasteiger partial charge on any atom is 0.414 e. The molecule has 12 nitrogen and oxygen atoms in total. The van der Waals surface area contributed by atoms with Crippen LogP contribution in [0.1, 0.15) is 39.7 Å². The lowest BCUT2D eigenvalue weighted by Crippen LogP contribution is -2.38. The number of aliphatic carboxylic acids is 2. The molecular formula is C31H30N6O6. The quantitative estimate of drug-likeness (QED) is 0.253. The molecule has 0 bridgehead atoms. The number of ether oxygens (including phenoxy) is 1. The van der Waals surface area contributed by atoms with Crippen molar-refractivity contribution >= 4 is 22.8 Å². The summed E-state index contributed by atoms with van der Waals surface area (Å²) in [4.78, 5) is 37.2. The molecule has 0 amide bonds. The molecule has 0 saturated heterocycles. The van der Waals surface area contributed by atoms with Crippen LogP contribution >= 0.6 is 0 Å². The van der Waals surface area contributed by atoms with Crippen molar-refractivity contribution in [2.45, 2.75) is 32.5 Å². The molecule has 12 heteroatoms. The maximum atomic E-state index is 13.5. The van der Waals surface area contributed by atoms with E-state index in [0.717, 1.165) is 40.7 Å². The van der Waals surface area contributed by atoms with Crippen LogP contribution < -0.4 is 10.3 Å². The van der Waals surface area contributed by atoms with E-state index in [0.29, 0.717) is 24.5 Å². The minimum absolute atomic E-state index is 0.124. The normalized spacial score (nSPS) is 13.4. The molecule has 6 rings (SSSR count). The molecular weight excluding hydrogens is 552 g/mol. The Hall–Kier alpha value is -5.36. The zero-order chi connectivity index (χ0) is 30.5. The van der Waals surface area contributed by atoms with Gasteiger partial charge < -0.3 is 19.9 Å². The summed E-state index contributed by atoms with van der Waals surface area (Å²) in [6.45, 7) is 4.01. The zero-order valence-electron chi connectivity index (χ0n) is 23.6. The first kappa shape index (κ1) is 29.1. The van der Waals surface area contributed by atoms with Gasteiger partial charge in [-0.15, -0.1) is 5.10 Å². The van der Waals surface area contributed by atoms with E-state index in [1.165, 1.54) is 11.1 Å². The van der Waals surface area contributed by atoms with E-state index in [9.17, 15) is 4.79 Å². The topological polar surface area (TPSA) is 164 Å². The smallest absolute Gasteiger partial charge is 0.414 e. The fourth-order valence-corrected chi connectivity index (χ4v) is 5.20. The number of rotatable bonds is 6. The second-order valence-corrected chi connectivity index (χ2v) is 10.2. The largest absolute Gasteiger partial charge is 0.497 e. The third-order valence-corrected chi connectivity index (χ3v) is 7.33. The summed E-state index contributed by atoms with van der Waals surface area (Å²) in [6, 6.07) is 24.0. The monoisotopic (exact) mass is 582 g/mol. The molecule has 1 unspecified atom stereocenters. The summed E-state index contributed by atoms with van der Waals surface area (Å²) in [5, 5.41) is 28.6. The Morgan fingerprint density at radius 1 is 1.00 bits per heavy atom. The summed E-state index contributed by atoms with van der Waals surface area (Å²) in [5.41, 5.74) is 6.10. The first-order valence-corrected chi connectivity index (χ1v) is 13.5. The predicted molar refractivity (Wildman–Crippen MR) is 157 cm³/mol. The Labute approximate surface area is 246 Å². The molecule has 3 N–H and O–H groups in total. The van der Waals surface area contributed by atoms with Crippen LogP contribution in [0.15, 0.2) is 77.6 Å². The maximum absolute atomic E-state index is 13.5. The van der Waals surface area contributed by atoms with Gasteiger partial charge in [-0.25, -0.2) is 14.3 Å². The van der Waals surface area contributed by atoms with Gasteiger partial charge in [-0.2, -0.15) is 0 Å². The van der Waals surface area contributed by atoms with Gasteiger partial charge in [0.15, 0.2) is 5.82 Å². The van der Waals surface area contributed by atoms with Crippen molar-refractivity contribution in [2.24, 2.45) is 0 Å². The second kappa shape index (κ2) is 12.7. The van der Waals surface area contributed by atoms with Crippen molar-refractivity contribution in [3.63, 3.8) is 0 Å². The van der Waals surface area contributed by atoms with Gasteiger partial charge in [-0.3, -0.25) is 9.69 Å². The van der Waals surface area contributed by atoms with E-state index in [1.54, 1.807) is 11.8 Å². The van der Waals surface area contributed by atoms with Crippen molar-refractivity contribution in [2.75, 3.05) is 13.7 Å². The van der Waals surface area contributed by atoms with Crippen molar-refractivity contribution in [1.82, 2.24) is 30.1 Å². The number of tetrazole rings is 1. The summed E-state index contributed by atoms with van der Waals surface area (Å²) >= 11 is 0. The third kappa shape index (κ3) is 6.60. The van der Waals surface area contributed by atoms with E-state index in [4.69, 9.17) is 24.5 Å². The molecule has 3 aromatic carbocycles. The number of pyridine rings is 1. The Balaban J connectivity index is 0.000000559. The highest BCUT2D eigenvalue weighted by molar-refractivity contribution is 6.27. The number of carboxylic acids is 2. The Kier molecular flexibility index (Phi) is 8.58. The first-order chi connectivity index (χ1) is 20.7. The molecule has 1 atom stereocenters. The van der Waals surface area contributed by atoms with Gasteiger partial charge in [0.25, 0.3) is 5.56 Å². The highest BCUT2D eigenvalue weighted by Gasteiger charge is 2.32. The Bertz CT molecular complexity index is 1820. The number of hydrogen-bond donors (Lipinski definition) is 3. The molecule has 43 heavy (non-hydrogen) atoms. The van der Waals surface area contributed by atoms with Crippen molar-refractivity contribution in [1.29, 1.82) is 0 Å². The van der Waals surface area contributed by atoms with Crippen LogP contribution in [-0.4, -0.2) is 65.9 Å². The fourth-order valence-electron chi connectivity index (χ4n) is 5.20. The molecule has 1 aliphatic rings. The highest BCUT2D eigenvalue weighted by Crippen LogP contribution is 2.32. The number of fused-ring (bicyclic) bond motifs is 2. The number of carbonyl (C=O) groups is 2. The number of aromatic amines is 1. The summed E-state index contributed by atoms with van der Waals surface area (Å²) in [5.74, 6) is -2.21. The molecule has 0 spiro atoms. The van der Waals surface area contributed by atoms with Crippen molar-refractivity contribution < 1.29 is 24.5 Å². The van der Waals surface area contributed by atoms with Gasteiger partial charge >= 0.3 is 11.9 Å². The number of H-pyrrole nitrogens is 1. The number of benzene rings is 3. The highest BCUT2D eigenvalue weighted by atomic mass is 16.5. The van der Waals surface area contributed by atoms with Crippen molar-refractivity contribution in [3.05, 3.63) is 117 Å². The van der Waals surface area contributed by atoms with Crippen LogP contribution in [0.25, 0.3) is 10.9 Å². The number of nitrogens with zero attached hydrogens (tertiary/aromatic N) is 5. The number of hydrogen-bond acceptors (Lipinski definition) is 8. The average Bonchev–Trinajstić information content (AvgIpc) is 3.45. The van der Waals surface area contributed by atoms with Crippen LogP contribution in [-0.2, 0) is 29.1 Å². The lowest BCUT2D eigenvalue weighted by molar-refractivity contribution is -0.159. The van der Waals surface area contributed by atoms with E-state index >= 15 is 0 Å².